The number of hydrogen-bond acceptors (Lipinski definition) is 2. The van der Waals surface area contributed by atoms with Gasteiger partial charge in [-0.25, -0.2) is 4.79 Å². The Balaban J connectivity index is 2.28. The van der Waals surface area contributed by atoms with E-state index in [2.05, 4.69) is 17.6 Å². The van der Waals surface area contributed by atoms with E-state index in [9.17, 15) is 9.59 Å². The summed E-state index contributed by atoms with van der Waals surface area (Å²) in [6.45, 7) is 2.92. The molecule has 0 aliphatic heterocycles. The highest BCUT2D eigenvalue weighted by molar-refractivity contribution is 5.74. The topological polar surface area (TPSA) is 78.4 Å². The van der Waals surface area contributed by atoms with Gasteiger partial charge in [-0.1, -0.05) is 31.2 Å². The van der Waals surface area contributed by atoms with Crippen LogP contribution in [-0.2, 0) is 17.8 Å². The highest BCUT2D eigenvalue weighted by atomic mass is 16.4. The Morgan fingerprint density at radius 2 is 1.84 bits per heavy atom. The fraction of sp³-hybridized carbons (Fsp3) is 0.429. The van der Waals surface area contributed by atoms with E-state index in [4.69, 9.17) is 5.11 Å². The molecule has 0 spiro atoms. The van der Waals surface area contributed by atoms with Crippen LogP contribution >= 0.6 is 0 Å². The molecular formula is C14H20N2O3. The predicted molar refractivity (Wildman–Crippen MR) is 72.9 cm³/mol. The number of amides is 2. The maximum atomic E-state index is 11.5. The lowest BCUT2D eigenvalue weighted by Crippen LogP contribution is -2.35. The number of urea groups is 1. The summed E-state index contributed by atoms with van der Waals surface area (Å²) in [5, 5.41) is 13.9. The molecule has 0 bridgehead atoms. The van der Waals surface area contributed by atoms with Gasteiger partial charge in [0.05, 0.1) is 0 Å². The quantitative estimate of drug-likeness (QED) is 0.658. The average Bonchev–Trinajstić information content (AvgIpc) is 2.41. The molecule has 0 aliphatic rings. The van der Waals surface area contributed by atoms with Gasteiger partial charge in [0.25, 0.3) is 0 Å². The summed E-state index contributed by atoms with van der Waals surface area (Å²) in [6, 6.07) is 7.69. The lowest BCUT2D eigenvalue weighted by molar-refractivity contribution is -0.137. The van der Waals surface area contributed by atoms with E-state index in [0.29, 0.717) is 19.5 Å². The summed E-state index contributed by atoms with van der Waals surface area (Å²) in [7, 11) is 0. The van der Waals surface area contributed by atoms with Gasteiger partial charge in [0, 0.05) is 19.5 Å². The molecule has 0 radical (unpaired) electrons. The van der Waals surface area contributed by atoms with Gasteiger partial charge in [0.1, 0.15) is 0 Å². The van der Waals surface area contributed by atoms with E-state index in [1.54, 1.807) is 0 Å². The second-order valence-corrected chi connectivity index (χ2v) is 4.23. The first kappa shape index (κ1) is 15.0. The molecule has 5 nitrogen and oxygen atoms in total. The maximum Gasteiger partial charge on any atom is 0.315 e. The van der Waals surface area contributed by atoms with E-state index >= 15 is 0 Å². The second kappa shape index (κ2) is 8.13. The van der Waals surface area contributed by atoms with E-state index in [1.807, 2.05) is 24.3 Å². The summed E-state index contributed by atoms with van der Waals surface area (Å²) in [6.07, 6.45) is 1.44. The van der Waals surface area contributed by atoms with Crippen LogP contribution in [0.3, 0.4) is 0 Å². The molecule has 0 heterocycles. The lowest BCUT2D eigenvalue weighted by Gasteiger charge is -2.10. The maximum absolute atomic E-state index is 11.5. The van der Waals surface area contributed by atoms with Crippen LogP contribution in [0, 0.1) is 0 Å². The molecule has 0 saturated heterocycles. The van der Waals surface area contributed by atoms with Crippen molar-refractivity contribution in [2.75, 3.05) is 6.54 Å². The Kier molecular flexibility index (Phi) is 6.43. The molecule has 0 aromatic heterocycles. The minimum absolute atomic E-state index is 0.0684. The number of aryl methyl sites for hydroxylation is 1. The first-order valence-electron chi connectivity index (χ1n) is 6.43. The van der Waals surface area contributed by atoms with Gasteiger partial charge in [-0.05, 0) is 24.0 Å². The Labute approximate surface area is 113 Å². The molecule has 0 saturated carbocycles. The summed E-state index contributed by atoms with van der Waals surface area (Å²) < 4.78 is 0. The van der Waals surface area contributed by atoms with Gasteiger partial charge < -0.3 is 15.7 Å². The van der Waals surface area contributed by atoms with E-state index in [-0.39, 0.29) is 12.5 Å². The number of carboxylic acids is 1. The number of carbonyl (C=O) groups excluding carboxylic acids is 1. The fourth-order valence-electron chi connectivity index (χ4n) is 1.75. The van der Waals surface area contributed by atoms with Crippen LogP contribution < -0.4 is 10.6 Å². The summed E-state index contributed by atoms with van der Waals surface area (Å²) in [4.78, 5) is 21.8. The molecule has 0 aliphatic carbocycles. The Bertz CT molecular complexity index is 432. The van der Waals surface area contributed by atoms with Crippen molar-refractivity contribution in [3.8, 4) is 0 Å². The highest BCUT2D eigenvalue weighted by Gasteiger charge is 2.03. The molecule has 1 aromatic carbocycles. The molecular weight excluding hydrogens is 244 g/mol. The zero-order chi connectivity index (χ0) is 14.1. The van der Waals surface area contributed by atoms with Crippen molar-refractivity contribution in [3.05, 3.63) is 35.4 Å². The normalized spacial score (nSPS) is 9.95. The molecule has 1 aromatic rings. The second-order valence-electron chi connectivity index (χ2n) is 4.23. The number of hydrogen-bond donors (Lipinski definition) is 3. The third kappa shape index (κ3) is 5.90. The zero-order valence-corrected chi connectivity index (χ0v) is 11.1. The molecule has 0 unspecified atom stereocenters. The lowest BCUT2D eigenvalue weighted by atomic mass is 10.1. The Hall–Kier alpha value is -2.04. The van der Waals surface area contributed by atoms with Crippen molar-refractivity contribution < 1.29 is 14.7 Å². The number of carboxylic acid groups (broad SMARTS) is 1. The Morgan fingerprint density at radius 3 is 2.47 bits per heavy atom. The van der Waals surface area contributed by atoms with Crippen molar-refractivity contribution >= 4 is 12.0 Å². The van der Waals surface area contributed by atoms with E-state index in [0.717, 1.165) is 12.0 Å². The van der Waals surface area contributed by atoms with Crippen molar-refractivity contribution in [3.63, 3.8) is 0 Å². The van der Waals surface area contributed by atoms with Gasteiger partial charge in [-0.3, -0.25) is 4.79 Å². The number of benzene rings is 1. The van der Waals surface area contributed by atoms with Gasteiger partial charge in [-0.15, -0.1) is 0 Å². The molecule has 104 valence electrons. The van der Waals surface area contributed by atoms with Crippen molar-refractivity contribution in [1.82, 2.24) is 10.6 Å². The molecule has 0 fully saturated rings. The van der Waals surface area contributed by atoms with Crippen LogP contribution in [0.4, 0.5) is 4.79 Å². The van der Waals surface area contributed by atoms with Gasteiger partial charge in [-0.2, -0.15) is 0 Å². The molecule has 19 heavy (non-hydrogen) atoms. The molecule has 5 heteroatoms. The largest absolute Gasteiger partial charge is 0.481 e. The first-order chi connectivity index (χ1) is 9.13. The van der Waals surface area contributed by atoms with Crippen molar-refractivity contribution in [1.29, 1.82) is 0 Å². The summed E-state index contributed by atoms with van der Waals surface area (Å²) in [5.41, 5.74) is 2.32. The minimum atomic E-state index is -0.848. The SMILES string of the molecule is CCc1ccccc1CNC(=O)NCCCC(=O)O. The van der Waals surface area contributed by atoms with Crippen LogP contribution in [0.2, 0.25) is 0 Å². The first-order valence-corrected chi connectivity index (χ1v) is 6.43. The summed E-state index contributed by atoms with van der Waals surface area (Å²) >= 11 is 0. The number of rotatable bonds is 7. The van der Waals surface area contributed by atoms with Crippen LogP contribution in [0.5, 0.6) is 0 Å². The third-order valence-electron chi connectivity index (χ3n) is 2.79. The number of nitrogens with one attached hydrogen (secondary N) is 2. The molecule has 0 atom stereocenters. The van der Waals surface area contributed by atoms with Crippen LogP contribution in [0.15, 0.2) is 24.3 Å². The van der Waals surface area contributed by atoms with Crippen molar-refractivity contribution in [2.45, 2.75) is 32.7 Å². The monoisotopic (exact) mass is 264 g/mol. The highest BCUT2D eigenvalue weighted by Crippen LogP contribution is 2.08. The van der Waals surface area contributed by atoms with Crippen LogP contribution in [0.1, 0.15) is 30.9 Å². The molecule has 3 N–H and O–H groups in total. The zero-order valence-electron chi connectivity index (χ0n) is 11.1. The Morgan fingerprint density at radius 1 is 1.16 bits per heavy atom. The van der Waals surface area contributed by atoms with Gasteiger partial charge in [0.2, 0.25) is 0 Å². The summed E-state index contributed by atoms with van der Waals surface area (Å²) in [5.74, 6) is -0.848. The van der Waals surface area contributed by atoms with Crippen LogP contribution in [0.25, 0.3) is 0 Å². The van der Waals surface area contributed by atoms with Crippen molar-refractivity contribution in [2.24, 2.45) is 0 Å². The minimum Gasteiger partial charge on any atom is -0.481 e. The fourth-order valence-corrected chi connectivity index (χ4v) is 1.75. The van der Waals surface area contributed by atoms with E-state index < -0.39 is 5.97 Å². The standard InChI is InChI=1S/C14H20N2O3/c1-2-11-6-3-4-7-12(11)10-16-14(19)15-9-5-8-13(17)18/h3-4,6-7H,2,5,8-10H2,1H3,(H,17,18)(H2,15,16,19). The number of aliphatic carboxylic acids is 1. The van der Waals surface area contributed by atoms with E-state index in [1.165, 1.54) is 5.56 Å². The van der Waals surface area contributed by atoms with Crippen LogP contribution in [-0.4, -0.2) is 23.7 Å². The molecule has 1 rings (SSSR count). The number of carbonyl (C=O) groups is 2. The predicted octanol–water partition coefficient (Wildman–Crippen LogP) is 1.91. The average molecular weight is 264 g/mol. The third-order valence-corrected chi connectivity index (χ3v) is 2.79. The van der Waals surface area contributed by atoms with Gasteiger partial charge in [0.15, 0.2) is 0 Å². The van der Waals surface area contributed by atoms with Gasteiger partial charge >= 0.3 is 12.0 Å². The molecule has 2 amide bonds. The smallest absolute Gasteiger partial charge is 0.315 e.